The highest BCUT2D eigenvalue weighted by Gasteiger charge is 2.30. The molecule has 2 aromatic rings. The van der Waals surface area contributed by atoms with Crippen molar-refractivity contribution in [3.8, 4) is 12.3 Å². The molecule has 1 N–H and O–H groups in total. The van der Waals surface area contributed by atoms with Crippen molar-refractivity contribution in [2.45, 2.75) is 24.8 Å². The highest BCUT2D eigenvalue weighted by molar-refractivity contribution is 5.51. The van der Waals surface area contributed by atoms with Gasteiger partial charge in [0.05, 0.1) is 0 Å². The van der Waals surface area contributed by atoms with Crippen LogP contribution in [0.25, 0.3) is 0 Å². The minimum Gasteiger partial charge on any atom is -0.382 e. The first-order chi connectivity index (χ1) is 9.74. The number of anilines is 1. The Kier molecular flexibility index (Phi) is 3.43. The largest absolute Gasteiger partial charge is 0.382 e. The third-order valence-electron chi connectivity index (χ3n) is 3.86. The van der Waals surface area contributed by atoms with Gasteiger partial charge in [-0.1, -0.05) is 24.1 Å². The summed E-state index contributed by atoms with van der Waals surface area (Å²) < 4.78 is 13.2. The predicted octanol–water partition coefficient (Wildman–Crippen LogP) is 4.17. The Morgan fingerprint density at radius 1 is 1.10 bits per heavy atom. The Bertz CT molecular complexity index is 650. The van der Waals surface area contributed by atoms with Crippen LogP contribution in [0.4, 0.5) is 10.1 Å². The summed E-state index contributed by atoms with van der Waals surface area (Å²) in [5.41, 5.74) is 3.04. The zero-order valence-corrected chi connectivity index (χ0v) is 11.1. The molecule has 0 bridgehead atoms. The SMILES string of the molecule is C#Cc1cccc(NC2CC(c3cccc(F)c3)C2)c1. The van der Waals surface area contributed by atoms with Crippen LogP contribution in [0.3, 0.4) is 0 Å². The van der Waals surface area contributed by atoms with Crippen molar-refractivity contribution in [3.05, 3.63) is 65.5 Å². The van der Waals surface area contributed by atoms with Crippen molar-refractivity contribution in [1.29, 1.82) is 0 Å². The van der Waals surface area contributed by atoms with Crippen LogP contribution in [0.15, 0.2) is 48.5 Å². The topological polar surface area (TPSA) is 12.0 Å². The molecule has 0 unspecified atom stereocenters. The van der Waals surface area contributed by atoms with Gasteiger partial charge < -0.3 is 5.32 Å². The second-order valence-electron chi connectivity index (χ2n) is 5.29. The van der Waals surface area contributed by atoms with E-state index in [0.717, 1.165) is 29.7 Å². The summed E-state index contributed by atoms with van der Waals surface area (Å²) >= 11 is 0. The summed E-state index contributed by atoms with van der Waals surface area (Å²) in [4.78, 5) is 0. The summed E-state index contributed by atoms with van der Waals surface area (Å²) in [5.74, 6) is 2.94. The first kappa shape index (κ1) is 12.7. The normalized spacial score (nSPS) is 20.8. The number of benzene rings is 2. The number of terminal acetylenes is 1. The van der Waals surface area contributed by atoms with Crippen molar-refractivity contribution in [3.63, 3.8) is 0 Å². The highest BCUT2D eigenvalue weighted by Crippen LogP contribution is 2.38. The van der Waals surface area contributed by atoms with Gasteiger partial charge in [0.1, 0.15) is 5.82 Å². The van der Waals surface area contributed by atoms with E-state index in [-0.39, 0.29) is 5.82 Å². The summed E-state index contributed by atoms with van der Waals surface area (Å²) in [6.07, 6.45) is 7.46. The van der Waals surface area contributed by atoms with E-state index in [2.05, 4.69) is 11.2 Å². The van der Waals surface area contributed by atoms with Gasteiger partial charge in [0.15, 0.2) is 0 Å². The van der Waals surface area contributed by atoms with E-state index >= 15 is 0 Å². The molecule has 0 saturated heterocycles. The second-order valence-corrected chi connectivity index (χ2v) is 5.29. The minimum atomic E-state index is -0.152. The summed E-state index contributed by atoms with van der Waals surface area (Å²) in [6, 6.07) is 15.2. The molecule has 2 aromatic carbocycles. The molecule has 0 heterocycles. The zero-order valence-electron chi connectivity index (χ0n) is 11.1. The molecule has 3 rings (SSSR count). The molecular formula is C18H16FN. The number of nitrogens with one attached hydrogen (secondary N) is 1. The molecule has 20 heavy (non-hydrogen) atoms. The molecule has 0 aromatic heterocycles. The van der Waals surface area contributed by atoms with Gasteiger partial charge in [0.2, 0.25) is 0 Å². The van der Waals surface area contributed by atoms with E-state index in [9.17, 15) is 4.39 Å². The lowest BCUT2D eigenvalue weighted by Gasteiger charge is -2.37. The van der Waals surface area contributed by atoms with Crippen LogP contribution in [-0.2, 0) is 0 Å². The zero-order chi connectivity index (χ0) is 13.9. The molecule has 0 radical (unpaired) electrons. The van der Waals surface area contributed by atoms with Gasteiger partial charge in [-0.2, -0.15) is 0 Å². The van der Waals surface area contributed by atoms with Crippen LogP contribution >= 0.6 is 0 Å². The molecule has 0 amide bonds. The fourth-order valence-electron chi connectivity index (χ4n) is 2.70. The van der Waals surface area contributed by atoms with E-state index in [1.807, 2.05) is 30.3 Å². The summed E-state index contributed by atoms with van der Waals surface area (Å²) in [6.45, 7) is 0. The molecule has 0 aliphatic heterocycles. The Balaban J connectivity index is 1.59. The van der Waals surface area contributed by atoms with Crippen molar-refractivity contribution < 1.29 is 4.39 Å². The summed E-state index contributed by atoms with van der Waals surface area (Å²) in [5, 5.41) is 3.48. The van der Waals surface area contributed by atoms with Crippen LogP contribution < -0.4 is 5.32 Å². The predicted molar refractivity (Wildman–Crippen MR) is 80.2 cm³/mol. The van der Waals surface area contributed by atoms with E-state index in [0.29, 0.717) is 12.0 Å². The Labute approximate surface area is 118 Å². The Morgan fingerprint density at radius 2 is 1.90 bits per heavy atom. The maximum absolute atomic E-state index is 13.2. The van der Waals surface area contributed by atoms with Crippen LogP contribution in [0, 0.1) is 18.2 Å². The molecule has 1 aliphatic carbocycles. The van der Waals surface area contributed by atoms with Crippen molar-refractivity contribution in [1.82, 2.24) is 0 Å². The number of hydrogen-bond acceptors (Lipinski definition) is 1. The number of rotatable bonds is 3. The molecule has 1 saturated carbocycles. The maximum atomic E-state index is 13.2. The molecule has 1 nitrogen and oxygen atoms in total. The lowest BCUT2D eigenvalue weighted by molar-refractivity contribution is 0.373. The minimum absolute atomic E-state index is 0.152. The average Bonchev–Trinajstić information content (AvgIpc) is 2.42. The van der Waals surface area contributed by atoms with Crippen molar-refractivity contribution in [2.24, 2.45) is 0 Å². The van der Waals surface area contributed by atoms with Gasteiger partial charge >= 0.3 is 0 Å². The highest BCUT2D eigenvalue weighted by atomic mass is 19.1. The standard InChI is InChI=1S/C18H16FN/c1-2-13-5-3-8-17(9-13)20-18-11-15(12-18)14-6-4-7-16(19)10-14/h1,3-10,15,18,20H,11-12H2. The fraction of sp³-hybridized carbons (Fsp3) is 0.222. The summed E-state index contributed by atoms with van der Waals surface area (Å²) in [7, 11) is 0. The van der Waals surface area contributed by atoms with Crippen LogP contribution in [0.2, 0.25) is 0 Å². The molecule has 1 aliphatic rings. The Morgan fingerprint density at radius 3 is 2.65 bits per heavy atom. The van der Waals surface area contributed by atoms with Crippen LogP contribution in [0.1, 0.15) is 29.9 Å². The quantitative estimate of drug-likeness (QED) is 0.821. The molecule has 0 spiro atoms. The van der Waals surface area contributed by atoms with Gasteiger partial charge in [-0.15, -0.1) is 6.42 Å². The van der Waals surface area contributed by atoms with Gasteiger partial charge in [0, 0.05) is 17.3 Å². The Hall–Kier alpha value is -2.27. The van der Waals surface area contributed by atoms with E-state index in [1.54, 1.807) is 12.1 Å². The molecule has 1 fully saturated rings. The maximum Gasteiger partial charge on any atom is 0.123 e. The first-order valence-electron chi connectivity index (χ1n) is 6.83. The number of halogens is 1. The third-order valence-corrected chi connectivity index (χ3v) is 3.86. The van der Waals surface area contributed by atoms with Crippen LogP contribution in [0.5, 0.6) is 0 Å². The number of hydrogen-bond donors (Lipinski definition) is 1. The van der Waals surface area contributed by atoms with Gasteiger partial charge in [-0.05, 0) is 54.7 Å². The van der Waals surface area contributed by atoms with Crippen LogP contribution in [-0.4, -0.2) is 6.04 Å². The molecule has 0 atom stereocenters. The smallest absolute Gasteiger partial charge is 0.123 e. The van der Waals surface area contributed by atoms with E-state index < -0.39 is 0 Å². The monoisotopic (exact) mass is 265 g/mol. The van der Waals surface area contributed by atoms with E-state index in [4.69, 9.17) is 6.42 Å². The average molecular weight is 265 g/mol. The molecule has 2 heteroatoms. The van der Waals surface area contributed by atoms with Crippen molar-refractivity contribution in [2.75, 3.05) is 5.32 Å². The van der Waals surface area contributed by atoms with Crippen molar-refractivity contribution >= 4 is 5.69 Å². The fourth-order valence-corrected chi connectivity index (χ4v) is 2.70. The molecule has 100 valence electrons. The second kappa shape index (κ2) is 5.38. The first-order valence-corrected chi connectivity index (χ1v) is 6.83. The van der Waals surface area contributed by atoms with Gasteiger partial charge in [0.25, 0.3) is 0 Å². The van der Waals surface area contributed by atoms with Gasteiger partial charge in [-0.25, -0.2) is 4.39 Å². The van der Waals surface area contributed by atoms with E-state index in [1.165, 1.54) is 6.07 Å². The molecular weight excluding hydrogens is 249 g/mol. The third kappa shape index (κ3) is 2.67. The lowest BCUT2D eigenvalue weighted by atomic mass is 9.76. The lowest BCUT2D eigenvalue weighted by Crippen LogP contribution is -2.34. The van der Waals surface area contributed by atoms with Gasteiger partial charge in [-0.3, -0.25) is 0 Å².